The topological polar surface area (TPSA) is 90.0 Å². The molecule has 1 heterocycles. The molecule has 0 saturated heterocycles. The third-order valence-corrected chi connectivity index (χ3v) is 4.17. The molecule has 0 aliphatic carbocycles. The van der Waals surface area contributed by atoms with Gasteiger partial charge in [0.2, 0.25) is 16.0 Å². The number of rotatable bonds is 4. The van der Waals surface area contributed by atoms with E-state index in [0.717, 1.165) is 21.8 Å². The van der Waals surface area contributed by atoms with Crippen LogP contribution in [0.4, 0.5) is 5.95 Å². The molecule has 0 spiro atoms. The molecular weight excluding hydrogens is 344 g/mol. The number of nitrogens with zero attached hydrogens (tertiary/aromatic N) is 2. The maximum atomic E-state index is 11.4. The summed E-state index contributed by atoms with van der Waals surface area (Å²) in [7, 11) is -3.29. The Hall–Kier alpha value is -1.12. The minimum Gasteiger partial charge on any atom is -0.369 e. The van der Waals surface area contributed by atoms with Gasteiger partial charge in [-0.2, -0.15) is 0 Å². The average molecular weight is 361 g/mol. The molecule has 0 bridgehead atoms. The van der Waals surface area contributed by atoms with Crippen LogP contribution in [-0.4, -0.2) is 29.8 Å². The first-order valence-corrected chi connectivity index (χ1v) is 8.66. The van der Waals surface area contributed by atoms with E-state index in [9.17, 15) is 8.42 Å². The Bertz CT molecular complexity index is 752. The van der Waals surface area contributed by atoms with Gasteiger partial charge in [0.1, 0.15) is 0 Å². The molecule has 2 aromatic rings. The number of hydrogen-bond donors (Lipinski definition) is 2. The minimum absolute atomic E-state index is 0.362. The zero-order valence-corrected chi connectivity index (χ0v) is 13.9. The lowest BCUT2D eigenvalue weighted by Gasteiger charge is -2.26. The van der Waals surface area contributed by atoms with E-state index in [1.54, 1.807) is 18.4 Å². The van der Waals surface area contributed by atoms with E-state index in [0.29, 0.717) is 12.5 Å². The van der Waals surface area contributed by atoms with Gasteiger partial charge in [-0.15, -0.1) is 0 Å². The van der Waals surface area contributed by atoms with E-state index in [2.05, 4.69) is 25.6 Å². The average Bonchev–Trinajstić information content (AvgIpc) is 2.50. The Morgan fingerprint density at radius 2 is 2.10 bits per heavy atom. The molecular formula is C12H17BrN4O2S. The molecule has 0 fully saturated rings. The quantitative estimate of drug-likeness (QED) is 0.868. The number of imidazole rings is 1. The standard InChI is InChI=1S/C12H17BrN4O2S/c1-12(2,16-20(3,18)19)7-17-10-5-4-8(13)6-9(10)15-11(17)14/h4-6,16H,7H2,1-3H3,(H2,14,15). The van der Waals surface area contributed by atoms with Gasteiger partial charge in [-0.3, -0.25) is 0 Å². The number of aromatic nitrogens is 2. The molecule has 110 valence electrons. The van der Waals surface area contributed by atoms with Crippen molar-refractivity contribution >= 4 is 42.9 Å². The first-order chi connectivity index (χ1) is 9.07. The number of anilines is 1. The Kier molecular flexibility index (Phi) is 3.83. The Morgan fingerprint density at radius 1 is 1.45 bits per heavy atom. The third-order valence-electron chi connectivity index (χ3n) is 2.75. The van der Waals surface area contributed by atoms with E-state index in [1.807, 2.05) is 18.2 Å². The summed E-state index contributed by atoms with van der Waals surface area (Å²) in [4.78, 5) is 4.29. The van der Waals surface area contributed by atoms with Crippen molar-refractivity contribution in [3.63, 3.8) is 0 Å². The van der Waals surface area contributed by atoms with E-state index < -0.39 is 15.6 Å². The molecule has 1 aromatic heterocycles. The summed E-state index contributed by atoms with van der Waals surface area (Å²) in [5.74, 6) is 0.362. The highest BCUT2D eigenvalue weighted by molar-refractivity contribution is 9.10. The van der Waals surface area contributed by atoms with Crippen LogP contribution in [-0.2, 0) is 16.6 Å². The molecule has 0 aliphatic heterocycles. The third kappa shape index (κ3) is 3.50. The molecule has 0 radical (unpaired) electrons. The van der Waals surface area contributed by atoms with Crippen molar-refractivity contribution < 1.29 is 8.42 Å². The summed E-state index contributed by atoms with van der Waals surface area (Å²) in [5.41, 5.74) is 6.91. The lowest BCUT2D eigenvalue weighted by atomic mass is 10.1. The van der Waals surface area contributed by atoms with Crippen LogP contribution in [0.2, 0.25) is 0 Å². The maximum Gasteiger partial charge on any atom is 0.209 e. The van der Waals surface area contributed by atoms with Crippen molar-refractivity contribution in [1.82, 2.24) is 14.3 Å². The molecule has 0 aliphatic rings. The van der Waals surface area contributed by atoms with Gasteiger partial charge in [0.05, 0.1) is 17.3 Å². The fourth-order valence-corrected chi connectivity index (χ4v) is 3.63. The first-order valence-electron chi connectivity index (χ1n) is 5.98. The number of nitrogen functional groups attached to an aromatic ring is 1. The Balaban J connectivity index is 2.41. The van der Waals surface area contributed by atoms with Crippen molar-refractivity contribution in [2.24, 2.45) is 0 Å². The number of halogens is 1. The number of sulfonamides is 1. The number of nitrogens with two attached hydrogens (primary N) is 1. The molecule has 0 atom stereocenters. The van der Waals surface area contributed by atoms with Crippen molar-refractivity contribution in [2.45, 2.75) is 25.9 Å². The molecule has 1 aromatic carbocycles. The van der Waals surface area contributed by atoms with Crippen LogP contribution >= 0.6 is 15.9 Å². The Labute approximate surface area is 126 Å². The summed E-state index contributed by atoms with van der Waals surface area (Å²) in [6, 6.07) is 5.68. The molecule has 0 unspecified atom stereocenters. The number of hydrogen-bond acceptors (Lipinski definition) is 4. The lowest BCUT2D eigenvalue weighted by Crippen LogP contribution is -2.46. The summed E-state index contributed by atoms with van der Waals surface area (Å²) in [5, 5.41) is 0. The zero-order chi connectivity index (χ0) is 15.1. The Morgan fingerprint density at radius 3 is 2.70 bits per heavy atom. The second-order valence-electron chi connectivity index (χ2n) is 5.45. The normalized spacial score (nSPS) is 13.0. The highest BCUT2D eigenvalue weighted by Gasteiger charge is 2.24. The number of nitrogens with one attached hydrogen (secondary N) is 1. The van der Waals surface area contributed by atoms with Gasteiger partial charge in [-0.1, -0.05) is 15.9 Å². The van der Waals surface area contributed by atoms with Crippen molar-refractivity contribution in [3.8, 4) is 0 Å². The lowest BCUT2D eigenvalue weighted by molar-refractivity contribution is 0.398. The SMILES string of the molecule is CC(C)(Cn1c(N)nc2cc(Br)ccc21)NS(C)(=O)=O. The number of benzene rings is 1. The van der Waals surface area contributed by atoms with Gasteiger partial charge >= 0.3 is 0 Å². The summed E-state index contributed by atoms with van der Waals surface area (Å²) in [6.07, 6.45) is 1.14. The monoisotopic (exact) mass is 360 g/mol. The van der Waals surface area contributed by atoms with E-state index >= 15 is 0 Å². The molecule has 8 heteroatoms. The van der Waals surface area contributed by atoms with Gasteiger partial charge < -0.3 is 10.3 Å². The molecule has 0 saturated carbocycles. The molecule has 0 amide bonds. The predicted molar refractivity (Wildman–Crippen MR) is 83.9 cm³/mol. The van der Waals surface area contributed by atoms with Gasteiger partial charge in [-0.25, -0.2) is 18.1 Å². The van der Waals surface area contributed by atoms with Gasteiger partial charge in [0.15, 0.2) is 0 Å². The van der Waals surface area contributed by atoms with E-state index in [4.69, 9.17) is 5.73 Å². The second kappa shape index (κ2) is 5.01. The van der Waals surface area contributed by atoms with Crippen molar-refractivity contribution in [3.05, 3.63) is 22.7 Å². The van der Waals surface area contributed by atoms with Crippen LogP contribution in [0.5, 0.6) is 0 Å². The molecule has 2 rings (SSSR count). The molecule has 6 nitrogen and oxygen atoms in total. The highest BCUT2D eigenvalue weighted by atomic mass is 79.9. The van der Waals surface area contributed by atoms with E-state index in [-0.39, 0.29) is 0 Å². The van der Waals surface area contributed by atoms with Crippen LogP contribution in [0, 0.1) is 0 Å². The zero-order valence-electron chi connectivity index (χ0n) is 11.5. The van der Waals surface area contributed by atoms with Gasteiger partial charge in [0.25, 0.3) is 0 Å². The summed E-state index contributed by atoms with van der Waals surface area (Å²) in [6.45, 7) is 4.00. The predicted octanol–water partition coefficient (Wildman–Crippen LogP) is 1.71. The minimum atomic E-state index is -3.29. The summed E-state index contributed by atoms with van der Waals surface area (Å²) >= 11 is 3.39. The largest absolute Gasteiger partial charge is 0.369 e. The maximum absolute atomic E-state index is 11.4. The van der Waals surface area contributed by atoms with Crippen molar-refractivity contribution in [1.29, 1.82) is 0 Å². The van der Waals surface area contributed by atoms with Crippen LogP contribution in [0.1, 0.15) is 13.8 Å². The second-order valence-corrected chi connectivity index (χ2v) is 8.11. The summed E-state index contributed by atoms with van der Waals surface area (Å²) < 4.78 is 28.1. The van der Waals surface area contributed by atoms with Crippen LogP contribution in [0.25, 0.3) is 11.0 Å². The smallest absolute Gasteiger partial charge is 0.209 e. The highest BCUT2D eigenvalue weighted by Crippen LogP contribution is 2.24. The van der Waals surface area contributed by atoms with Gasteiger partial charge in [0, 0.05) is 16.6 Å². The van der Waals surface area contributed by atoms with Crippen LogP contribution in [0.3, 0.4) is 0 Å². The van der Waals surface area contributed by atoms with Gasteiger partial charge in [-0.05, 0) is 32.0 Å². The van der Waals surface area contributed by atoms with Crippen molar-refractivity contribution in [2.75, 3.05) is 12.0 Å². The van der Waals surface area contributed by atoms with Crippen LogP contribution < -0.4 is 10.5 Å². The number of fused-ring (bicyclic) bond motifs is 1. The van der Waals surface area contributed by atoms with E-state index in [1.165, 1.54) is 0 Å². The fraction of sp³-hybridized carbons (Fsp3) is 0.417. The molecule has 3 N–H and O–H groups in total. The first kappa shape index (κ1) is 15.3. The van der Waals surface area contributed by atoms with Crippen LogP contribution in [0.15, 0.2) is 22.7 Å². The molecule has 20 heavy (non-hydrogen) atoms. The fourth-order valence-electron chi connectivity index (χ4n) is 2.22.